The fourth-order valence-electron chi connectivity index (χ4n) is 3.11. The monoisotopic (exact) mass is 272 g/mol. The van der Waals surface area contributed by atoms with E-state index in [1.54, 1.807) is 14.2 Å². The maximum absolute atomic E-state index is 5.41. The summed E-state index contributed by atoms with van der Waals surface area (Å²) in [6.45, 7) is 3.72. The number of rotatable bonds is 6. The molecule has 0 heterocycles. The summed E-state index contributed by atoms with van der Waals surface area (Å²) in [5.41, 5.74) is 4.22. The van der Waals surface area contributed by atoms with E-state index in [0.29, 0.717) is 0 Å². The smallest absolute Gasteiger partial charge is 0.0547 e. The molecular weight excluding hydrogens is 248 g/mol. The zero-order valence-electron chi connectivity index (χ0n) is 12.7. The Morgan fingerprint density at radius 1 is 1.00 bits per heavy atom. The molecule has 0 aliphatic heterocycles. The van der Waals surface area contributed by atoms with Crippen LogP contribution in [-0.2, 0) is 9.47 Å². The van der Waals surface area contributed by atoms with Crippen molar-refractivity contribution < 1.29 is 9.47 Å². The van der Waals surface area contributed by atoms with Gasteiger partial charge >= 0.3 is 0 Å². The number of ether oxygens (including phenoxy) is 2. The number of allylic oxidation sites excluding steroid dienone is 3. The molecule has 1 aromatic rings. The molecule has 0 N–H and O–H groups in total. The van der Waals surface area contributed by atoms with Gasteiger partial charge in [-0.15, -0.1) is 0 Å². The van der Waals surface area contributed by atoms with Crippen LogP contribution in [0.1, 0.15) is 25.3 Å². The van der Waals surface area contributed by atoms with Gasteiger partial charge in [-0.1, -0.05) is 48.1 Å². The molecule has 2 heteroatoms. The highest BCUT2D eigenvalue weighted by molar-refractivity contribution is 5.54. The van der Waals surface area contributed by atoms with Gasteiger partial charge in [0, 0.05) is 19.6 Å². The Morgan fingerprint density at radius 2 is 1.65 bits per heavy atom. The maximum Gasteiger partial charge on any atom is 0.0547 e. The molecule has 0 bridgehead atoms. The molecule has 0 fully saturated rings. The van der Waals surface area contributed by atoms with Crippen LogP contribution in [-0.4, -0.2) is 27.4 Å². The predicted molar refractivity (Wildman–Crippen MR) is 83.6 cm³/mol. The lowest BCUT2D eigenvalue weighted by molar-refractivity contribution is 0.0168. The van der Waals surface area contributed by atoms with E-state index in [2.05, 4.69) is 43.3 Å². The van der Waals surface area contributed by atoms with Gasteiger partial charge in [0.05, 0.1) is 13.2 Å². The molecule has 1 aromatic carbocycles. The first kappa shape index (κ1) is 15.0. The van der Waals surface area contributed by atoms with Gasteiger partial charge in [0.1, 0.15) is 0 Å². The van der Waals surface area contributed by atoms with Gasteiger partial charge in [0.15, 0.2) is 0 Å². The topological polar surface area (TPSA) is 18.5 Å². The molecule has 20 heavy (non-hydrogen) atoms. The Kier molecular flexibility index (Phi) is 5.16. The molecule has 2 rings (SSSR count). The Hall–Kier alpha value is -1.38. The van der Waals surface area contributed by atoms with Crippen molar-refractivity contribution in [2.75, 3.05) is 27.4 Å². The zero-order chi connectivity index (χ0) is 14.4. The molecule has 0 saturated heterocycles. The molecule has 0 aromatic heterocycles. The first-order valence-electron chi connectivity index (χ1n) is 7.09. The minimum Gasteiger partial charge on any atom is -0.384 e. The fraction of sp³-hybridized carbons (Fsp3) is 0.444. The van der Waals surface area contributed by atoms with E-state index in [0.717, 1.165) is 26.1 Å². The number of benzene rings is 1. The van der Waals surface area contributed by atoms with Crippen molar-refractivity contribution in [3.63, 3.8) is 0 Å². The van der Waals surface area contributed by atoms with Crippen LogP contribution in [0.4, 0.5) is 0 Å². The summed E-state index contributed by atoms with van der Waals surface area (Å²) in [6.07, 6.45) is 6.53. The van der Waals surface area contributed by atoms with Gasteiger partial charge in [0.2, 0.25) is 0 Å². The Balaban J connectivity index is 2.09. The molecule has 0 atom stereocenters. The van der Waals surface area contributed by atoms with Crippen molar-refractivity contribution in [2.45, 2.75) is 19.8 Å². The molecular formula is C18H24O2. The summed E-state index contributed by atoms with van der Waals surface area (Å²) in [5, 5.41) is 0. The number of hydrogen-bond acceptors (Lipinski definition) is 2. The van der Waals surface area contributed by atoms with E-state index in [9.17, 15) is 0 Å². The molecule has 0 amide bonds. The summed E-state index contributed by atoms with van der Waals surface area (Å²) in [6, 6.07) is 10.4. The first-order chi connectivity index (χ1) is 9.69. The molecule has 0 radical (unpaired) electrons. The van der Waals surface area contributed by atoms with Crippen LogP contribution in [0.5, 0.6) is 0 Å². The summed E-state index contributed by atoms with van der Waals surface area (Å²) < 4.78 is 10.8. The zero-order valence-corrected chi connectivity index (χ0v) is 12.7. The maximum atomic E-state index is 5.41. The lowest BCUT2D eigenvalue weighted by Gasteiger charge is -2.27. The molecule has 2 nitrogen and oxygen atoms in total. The normalized spacial score (nSPS) is 18.1. The lowest BCUT2D eigenvalue weighted by Crippen LogP contribution is -2.29. The second kappa shape index (κ2) is 6.87. The third kappa shape index (κ3) is 3.59. The van der Waals surface area contributed by atoms with E-state index in [1.165, 1.54) is 16.7 Å². The minimum atomic E-state index is 0.115. The van der Waals surface area contributed by atoms with Crippen molar-refractivity contribution in [2.24, 2.45) is 5.41 Å². The van der Waals surface area contributed by atoms with E-state index < -0.39 is 0 Å². The highest BCUT2D eigenvalue weighted by Crippen LogP contribution is 2.43. The van der Waals surface area contributed by atoms with Crippen LogP contribution in [0, 0.1) is 5.41 Å². The summed E-state index contributed by atoms with van der Waals surface area (Å²) in [7, 11) is 3.54. The van der Waals surface area contributed by atoms with Crippen LogP contribution in [0.3, 0.4) is 0 Å². The minimum absolute atomic E-state index is 0.115. The Bertz CT molecular complexity index is 479. The van der Waals surface area contributed by atoms with Gasteiger partial charge in [-0.25, -0.2) is 0 Å². The van der Waals surface area contributed by atoms with Crippen LogP contribution < -0.4 is 0 Å². The van der Waals surface area contributed by atoms with Gasteiger partial charge in [-0.3, -0.25) is 0 Å². The summed E-state index contributed by atoms with van der Waals surface area (Å²) in [4.78, 5) is 0. The average Bonchev–Trinajstić information content (AvgIpc) is 2.75. The van der Waals surface area contributed by atoms with E-state index in [4.69, 9.17) is 9.47 Å². The number of methoxy groups -OCH3 is 2. The van der Waals surface area contributed by atoms with E-state index in [1.807, 2.05) is 6.07 Å². The largest absolute Gasteiger partial charge is 0.384 e. The molecule has 108 valence electrons. The Labute approximate surface area is 122 Å². The third-order valence-electron chi connectivity index (χ3n) is 3.93. The quantitative estimate of drug-likeness (QED) is 0.776. The van der Waals surface area contributed by atoms with Gasteiger partial charge in [-0.05, 0) is 30.9 Å². The van der Waals surface area contributed by atoms with Crippen molar-refractivity contribution in [3.05, 3.63) is 53.1 Å². The predicted octanol–water partition coefficient (Wildman–Crippen LogP) is 4.09. The Morgan fingerprint density at radius 3 is 2.25 bits per heavy atom. The summed E-state index contributed by atoms with van der Waals surface area (Å²) in [5.74, 6) is 0. The van der Waals surface area contributed by atoms with Crippen LogP contribution in [0.15, 0.2) is 47.6 Å². The van der Waals surface area contributed by atoms with Crippen molar-refractivity contribution in [3.8, 4) is 0 Å². The highest BCUT2D eigenvalue weighted by atomic mass is 16.5. The first-order valence-corrected chi connectivity index (χ1v) is 7.09. The summed E-state index contributed by atoms with van der Waals surface area (Å²) >= 11 is 0. The molecule has 0 unspecified atom stereocenters. The molecule has 0 saturated carbocycles. The van der Waals surface area contributed by atoms with Crippen LogP contribution in [0.25, 0.3) is 6.08 Å². The second-order valence-corrected chi connectivity index (χ2v) is 5.77. The fourth-order valence-corrected chi connectivity index (χ4v) is 3.11. The average molecular weight is 272 g/mol. The van der Waals surface area contributed by atoms with Crippen molar-refractivity contribution in [1.29, 1.82) is 0 Å². The standard InChI is InChI=1S/C18H24O2/c1-15-11-18(13-19-2,14-20-3)12-17(15)10-9-16-7-5-4-6-8-16/h4-10H,11-14H2,1-3H3/b10-9-. The van der Waals surface area contributed by atoms with E-state index >= 15 is 0 Å². The van der Waals surface area contributed by atoms with Gasteiger partial charge < -0.3 is 9.47 Å². The van der Waals surface area contributed by atoms with Crippen molar-refractivity contribution in [1.82, 2.24) is 0 Å². The van der Waals surface area contributed by atoms with Gasteiger partial charge in [-0.2, -0.15) is 0 Å². The van der Waals surface area contributed by atoms with Crippen LogP contribution >= 0.6 is 0 Å². The third-order valence-corrected chi connectivity index (χ3v) is 3.93. The van der Waals surface area contributed by atoms with Crippen molar-refractivity contribution >= 4 is 6.08 Å². The molecule has 1 aliphatic rings. The SMILES string of the molecule is COCC1(COC)CC(C)=C(/C=C\c2ccccc2)C1. The van der Waals surface area contributed by atoms with Gasteiger partial charge in [0.25, 0.3) is 0 Å². The highest BCUT2D eigenvalue weighted by Gasteiger charge is 2.36. The number of hydrogen-bond donors (Lipinski definition) is 0. The second-order valence-electron chi connectivity index (χ2n) is 5.77. The van der Waals surface area contributed by atoms with E-state index in [-0.39, 0.29) is 5.41 Å². The molecule has 0 spiro atoms. The van der Waals surface area contributed by atoms with Crippen LogP contribution in [0.2, 0.25) is 0 Å². The molecule has 1 aliphatic carbocycles. The lowest BCUT2D eigenvalue weighted by atomic mass is 9.85.